The number of aliphatic hydroxyl groups is 1. The van der Waals surface area contributed by atoms with Crippen molar-refractivity contribution in [2.75, 3.05) is 27.2 Å². The van der Waals surface area contributed by atoms with Gasteiger partial charge in [0.1, 0.15) is 6.54 Å². The molecule has 1 aliphatic heterocycles. The van der Waals surface area contributed by atoms with E-state index in [-0.39, 0.29) is 5.91 Å². The lowest BCUT2D eigenvalue weighted by atomic mass is 9.85. The van der Waals surface area contributed by atoms with Gasteiger partial charge >= 0.3 is 6.18 Å². The quantitative estimate of drug-likeness (QED) is 0.787. The molecule has 1 saturated heterocycles. The second kappa shape index (κ2) is 11.7. The Hall–Kier alpha value is -2.39. The Morgan fingerprint density at radius 2 is 1.77 bits per heavy atom. The van der Waals surface area contributed by atoms with Crippen molar-refractivity contribution >= 4 is 5.91 Å². The van der Waals surface area contributed by atoms with Crippen LogP contribution in [0.5, 0.6) is 0 Å². The second-order valence-corrected chi connectivity index (χ2v) is 6.85. The molecule has 2 N–H and O–H groups in total. The van der Waals surface area contributed by atoms with Crippen molar-refractivity contribution in [3.63, 3.8) is 0 Å². The van der Waals surface area contributed by atoms with Crippen LogP contribution < -0.4 is 5.32 Å². The fourth-order valence-corrected chi connectivity index (χ4v) is 2.77. The topological polar surface area (TPSA) is 70.4 Å². The molecule has 0 unspecified atom stereocenters. The number of rotatable bonds is 3. The lowest BCUT2D eigenvalue weighted by Gasteiger charge is -2.33. The van der Waals surface area contributed by atoms with Crippen LogP contribution >= 0.6 is 0 Å². The highest BCUT2D eigenvalue weighted by atomic mass is 19.4. The molecule has 1 aromatic heterocycles. The number of alkyl halides is 3. The first-order valence-corrected chi connectivity index (χ1v) is 9.90. The molecule has 1 aromatic carbocycles. The van der Waals surface area contributed by atoms with Crippen LogP contribution in [0.15, 0.2) is 42.7 Å². The average molecular weight is 428 g/mol. The number of piperidine rings is 1. The first-order valence-electron chi connectivity index (χ1n) is 9.90. The number of carbonyl (C=O) groups is 1. The highest BCUT2D eigenvalue weighted by Gasteiger charge is 2.33. The second-order valence-electron chi connectivity index (χ2n) is 6.85. The van der Waals surface area contributed by atoms with E-state index in [0.717, 1.165) is 12.1 Å². The molecule has 0 bridgehead atoms. The predicted molar refractivity (Wildman–Crippen MR) is 110 cm³/mol. The summed E-state index contributed by atoms with van der Waals surface area (Å²) in [6.45, 7) is 5.68. The van der Waals surface area contributed by atoms with Gasteiger partial charge in [0.15, 0.2) is 0 Å². The van der Waals surface area contributed by atoms with Gasteiger partial charge in [-0.15, -0.1) is 0 Å². The zero-order chi connectivity index (χ0) is 22.8. The van der Waals surface area contributed by atoms with Crippen LogP contribution in [0.2, 0.25) is 0 Å². The summed E-state index contributed by atoms with van der Waals surface area (Å²) < 4.78 is 38.8. The predicted octanol–water partition coefficient (Wildman–Crippen LogP) is 3.27. The van der Waals surface area contributed by atoms with Gasteiger partial charge in [-0.1, -0.05) is 26.0 Å². The minimum atomic E-state index is -4.32. The standard InChI is InChI=1S/C12H14F3NO.C7H11N3O.C2H6/c13-12(14,15)10-3-1-9(2-4-10)11(17)5-7-16-8-6-11;1-9(2)7(11)6-10-5-3-4-8-10;1-2/h1-4,16-17H,5-8H2;3-5H,6H2,1-2H3;1-2H3. The van der Waals surface area contributed by atoms with Crippen molar-refractivity contribution in [2.45, 2.75) is 45.0 Å². The zero-order valence-electron chi connectivity index (χ0n) is 17.9. The Kier molecular flexibility index (Phi) is 10.0. The maximum atomic E-state index is 12.4. The van der Waals surface area contributed by atoms with Gasteiger partial charge in [-0.2, -0.15) is 18.3 Å². The summed E-state index contributed by atoms with van der Waals surface area (Å²) in [5, 5.41) is 17.3. The number of hydrogen-bond acceptors (Lipinski definition) is 4. The van der Waals surface area contributed by atoms with Gasteiger partial charge in [-0.3, -0.25) is 9.48 Å². The molecule has 1 aliphatic rings. The van der Waals surface area contributed by atoms with Crippen molar-refractivity contribution in [1.29, 1.82) is 0 Å². The van der Waals surface area contributed by atoms with Crippen LogP contribution in [0.1, 0.15) is 37.8 Å². The van der Waals surface area contributed by atoms with Crippen molar-refractivity contribution < 1.29 is 23.1 Å². The molecule has 0 aliphatic carbocycles. The largest absolute Gasteiger partial charge is 0.416 e. The minimum Gasteiger partial charge on any atom is -0.385 e. The van der Waals surface area contributed by atoms with E-state index in [2.05, 4.69) is 10.4 Å². The number of amides is 1. The molecular weight excluding hydrogens is 397 g/mol. The van der Waals surface area contributed by atoms with Gasteiger partial charge < -0.3 is 15.3 Å². The Balaban J connectivity index is 0.000000300. The molecule has 3 rings (SSSR count). The summed E-state index contributed by atoms with van der Waals surface area (Å²) in [4.78, 5) is 12.6. The number of hydrogen-bond donors (Lipinski definition) is 2. The van der Waals surface area contributed by atoms with Crippen molar-refractivity contribution in [1.82, 2.24) is 20.0 Å². The van der Waals surface area contributed by atoms with E-state index >= 15 is 0 Å². The van der Waals surface area contributed by atoms with Gasteiger partial charge in [0.2, 0.25) is 5.91 Å². The number of nitrogens with one attached hydrogen (secondary N) is 1. The Labute approximate surface area is 175 Å². The summed E-state index contributed by atoms with van der Waals surface area (Å²) in [7, 11) is 3.46. The monoisotopic (exact) mass is 428 g/mol. The minimum absolute atomic E-state index is 0.0497. The van der Waals surface area contributed by atoms with Crippen LogP contribution in [0.4, 0.5) is 13.2 Å². The lowest BCUT2D eigenvalue weighted by Crippen LogP contribution is -2.39. The fraction of sp³-hybridized carbons (Fsp3) is 0.524. The molecule has 2 heterocycles. The summed E-state index contributed by atoms with van der Waals surface area (Å²) in [5.41, 5.74) is -1.11. The first-order chi connectivity index (χ1) is 14.1. The third-order valence-corrected chi connectivity index (χ3v) is 4.54. The molecule has 0 saturated carbocycles. The van der Waals surface area contributed by atoms with Crippen LogP contribution in [0.25, 0.3) is 0 Å². The van der Waals surface area contributed by atoms with E-state index in [1.165, 1.54) is 12.1 Å². The SMILES string of the molecule is CC.CN(C)C(=O)Cn1cccn1.OC1(c2ccc(C(F)(F)F)cc2)CCNCC1. The van der Waals surface area contributed by atoms with E-state index in [1.807, 2.05) is 13.8 Å². The number of likely N-dealkylation sites (N-methyl/N-ethyl adjacent to an activating group) is 1. The number of carbonyl (C=O) groups excluding carboxylic acids is 1. The molecule has 30 heavy (non-hydrogen) atoms. The summed E-state index contributed by atoms with van der Waals surface area (Å²) >= 11 is 0. The summed E-state index contributed by atoms with van der Waals surface area (Å²) in [6.07, 6.45) is 0.149. The molecule has 0 radical (unpaired) electrons. The first kappa shape index (κ1) is 25.6. The molecule has 1 amide bonds. The molecule has 1 fully saturated rings. The summed E-state index contributed by atoms with van der Waals surface area (Å²) in [6, 6.07) is 6.58. The van der Waals surface area contributed by atoms with E-state index in [9.17, 15) is 23.1 Å². The van der Waals surface area contributed by atoms with Crippen LogP contribution in [0, 0.1) is 0 Å². The van der Waals surface area contributed by atoms with Gasteiger partial charge in [0.05, 0.1) is 11.2 Å². The molecule has 6 nitrogen and oxygen atoms in total. The van der Waals surface area contributed by atoms with Crippen molar-refractivity contribution in [2.24, 2.45) is 0 Å². The number of aromatic nitrogens is 2. The average Bonchev–Trinajstić information content (AvgIpc) is 3.23. The highest BCUT2D eigenvalue weighted by Crippen LogP contribution is 2.34. The van der Waals surface area contributed by atoms with Gasteiger partial charge in [0, 0.05) is 26.5 Å². The molecule has 0 atom stereocenters. The Morgan fingerprint density at radius 3 is 2.20 bits per heavy atom. The number of halogens is 3. The zero-order valence-corrected chi connectivity index (χ0v) is 17.9. The molecule has 168 valence electrons. The molecule has 0 spiro atoms. The van der Waals surface area contributed by atoms with Gasteiger partial charge in [0.25, 0.3) is 0 Å². The maximum absolute atomic E-state index is 12.4. The molecule has 9 heteroatoms. The number of nitrogens with zero attached hydrogens (tertiary/aromatic N) is 3. The normalized spacial score (nSPS) is 15.2. The fourth-order valence-electron chi connectivity index (χ4n) is 2.77. The molecular formula is C21H31F3N4O2. The van der Waals surface area contributed by atoms with Crippen LogP contribution in [-0.4, -0.2) is 52.9 Å². The van der Waals surface area contributed by atoms with Crippen LogP contribution in [-0.2, 0) is 23.1 Å². The Morgan fingerprint density at radius 1 is 1.20 bits per heavy atom. The van der Waals surface area contributed by atoms with E-state index < -0.39 is 17.3 Å². The third-order valence-electron chi connectivity index (χ3n) is 4.54. The smallest absolute Gasteiger partial charge is 0.385 e. The van der Waals surface area contributed by atoms with Crippen molar-refractivity contribution in [3.8, 4) is 0 Å². The summed E-state index contributed by atoms with van der Waals surface area (Å²) in [5.74, 6) is 0.0497. The van der Waals surface area contributed by atoms with Crippen molar-refractivity contribution in [3.05, 3.63) is 53.9 Å². The van der Waals surface area contributed by atoms with E-state index in [0.29, 0.717) is 38.0 Å². The Bertz CT molecular complexity index is 739. The van der Waals surface area contributed by atoms with E-state index in [1.54, 1.807) is 42.1 Å². The molecule has 2 aromatic rings. The van der Waals surface area contributed by atoms with Gasteiger partial charge in [-0.05, 0) is 49.7 Å². The highest BCUT2D eigenvalue weighted by molar-refractivity contribution is 5.75. The maximum Gasteiger partial charge on any atom is 0.416 e. The van der Waals surface area contributed by atoms with Crippen LogP contribution in [0.3, 0.4) is 0 Å². The number of benzene rings is 1. The van der Waals surface area contributed by atoms with E-state index in [4.69, 9.17) is 0 Å². The third kappa shape index (κ3) is 7.79. The van der Waals surface area contributed by atoms with Gasteiger partial charge in [-0.25, -0.2) is 0 Å². The lowest BCUT2D eigenvalue weighted by molar-refractivity contribution is -0.137.